The molecule has 1 aliphatic heterocycles. The van der Waals surface area contributed by atoms with Gasteiger partial charge in [0.1, 0.15) is 0 Å². The maximum Gasteiger partial charge on any atom is 0.258 e. The van der Waals surface area contributed by atoms with Crippen molar-refractivity contribution in [2.24, 2.45) is 0 Å². The second-order valence-electron chi connectivity index (χ2n) is 7.91. The topological polar surface area (TPSA) is 75.0 Å². The highest BCUT2D eigenvalue weighted by molar-refractivity contribution is 7.89. The van der Waals surface area contributed by atoms with Crippen LogP contribution in [0.5, 0.6) is 0 Å². The third kappa shape index (κ3) is 3.71. The van der Waals surface area contributed by atoms with Crippen molar-refractivity contribution in [1.29, 1.82) is 0 Å². The fourth-order valence-corrected chi connectivity index (χ4v) is 6.76. The lowest BCUT2D eigenvalue weighted by atomic mass is 10.0. The molecule has 1 aliphatic rings. The molecule has 0 unspecified atom stereocenters. The maximum atomic E-state index is 13.4. The molecule has 0 atom stereocenters. The molecule has 0 N–H and O–H groups in total. The fourth-order valence-electron chi connectivity index (χ4n) is 4.02. The van der Waals surface area contributed by atoms with Gasteiger partial charge in [0.25, 0.3) is 5.56 Å². The predicted molar refractivity (Wildman–Crippen MR) is 119 cm³/mol. The molecule has 0 radical (unpaired) electrons. The van der Waals surface area contributed by atoms with E-state index in [1.807, 2.05) is 39.1 Å². The monoisotopic (exact) mass is 446 g/mol. The van der Waals surface area contributed by atoms with Gasteiger partial charge in [-0.05, 0) is 49.9 Å². The van der Waals surface area contributed by atoms with Crippen LogP contribution in [0, 0.1) is 27.7 Å². The van der Waals surface area contributed by atoms with E-state index in [-0.39, 0.29) is 5.56 Å². The van der Waals surface area contributed by atoms with Crippen LogP contribution in [-0.4, -0.2) is 53.2 Å². The average Bonchev–Trinajstić information content (AvgIpc) is 3.16. The number of benzene rings is 1. The van der Waals surface area contributed by atoms with Crippen molar-refractivity contribution < 1.29 is 8.42 Å². The normalized spacial score (nSPS) is 16.4. The SMILES string of the molecule is Cc1cc(C)c(C)c(S(=O)(=O)N2CCN(Cc3cc(=O)n4ccsc4n3)CC2)c1C. The summed E-state index contributed by atoms with van der Waals surface area (Å²) < 4.78 is 29.9. The molecule has 1 fully saturated rings. The van der Waals surface area contributed by atoms with Crippen molar-refractivity contribution >= 4 is 26.3 Å². The van der Waals surface area contributed by atoms with Crippen LogP contribution in [0.15, 0.2) is 33.4 Å². The largest absolute Gasteiger partial charge is 0.295 e. The molecule has 3 aromatic rings. The average molecular weight is 447 g/mol. The van der Waals surface area contributed by atoms with Gasteiger partial charge in [-0.2, -0.15) is 4.31 Å². The van der Waals surface area contributed by atoms with E-state index in [0.717, 1.165) is 27.9 Å². The Morgan fingerprint density at radius 2 is 1.63 bits per heavy atom. The molecule has 0 amide bonds. The highest BCUT2D eigenvalue weighted by atomic mass is 32.2. The molecule has 3 heterocycles. The Bertz CT molecular complexity index is 1240. The van der Waals surface area contributed by atoms with Gasteiger partial charge in [0.2, 0.25) is 10.0 Å². The number of fused-ring (bicyclic) bond motifs is 1. The number of hydrogen-bond acceptors (Lipinski definition) is 6. The van der Waals surface area contributed by atoms with Crippen molar-refractivity contribution in [2.45, 2.75) is 39.1 Å². The van der Waals surface area contributed by atoms with Gasteiger partial charge in [0, 0.05) is 50.4 Å². The van der Waals surface area contributed by atoms with E-state index in [1.165, 1.54) is 15.7 Å². The number of aryl methyl sites for hydroxylation is 2. The van der Waals surface area contributed by atoms with E-state index in [4.69, 9.17) is 0 Å². The fraction of sp³-hybridized carbons (Fsp3) is 0.429. The minimum Gasteiger partial charge on any atom is -0.295 e. The zero-order chi connectivity index (χ0) is 21.6. The highest BCUT2D eigenvalue weighted by Gasteiger charge is 2.31. The van der Waals surface area contributed by atoms with E-state index >= 15 is 0 Å². The number of sulfonamides is 1. The van der Waals surface area contributed by atoms with Gasteiger partial charge in [-0.1, -0.05) is 6.07 Å². The molecule has 0 saturated carbocycles. The minimum atomic E-state index is -3.55. The molecular formula is C21H26N4O3S2. The molecule has 30 heavy (non-hydrogen) atoms. The smallest absolute Gasteiger partial charge is 0.258 e. The Kier molecular flexibility index (Phi) is 5.56. The molecule has 7 nitrogen and oxygen atoms in total. The Morgan fingerprint density at radius 3 is 2.27 bits per heavy atom. The summed E-state index contributed by atoms with van der Waals surface area (Å²) in [5, 5.41) is 1.84. The summed E-state index contributed by atoms with van der Waals surface area (Å²) in [4.78, 5) is 20.0. The van der Waals surface area contributed by atoms with Gasteiger partial charge >= 0.3 is 0 Å². The molecule has 0 aliphatic carbocycles. The van der Waals surface area contributed by atoms with E-state index in [9.17, 15) is 13.2 Å². The number of thiazole rings is 1. The van der Waals surface area contributed by atoms with Crippen LogP contribution >= 0.6 is 11.3 Å². The second kappa shape index (κ2) is 7.88. The lowest BCUT2D eigenvalue weighted by molar-refractivity contribution is 0.180. The lowest BCUT2D eigenvalue weighted by Gasteiger charge is -2.34. The molecule has 4 rings (SSSR count). The van der Waals surface area contributed by atoms with Crippen LogP contribution < -0.4 is 5.56 Å². The number of aromatic nitrogens is 2. The summed E-state index contributed by atoms with van der Waals surface area (Å²) in [5.74, 6) is 0. The zero-order valence-electron chi connectivity index (χ0n) is 17.7. The van der Waals surface area contributed by atoms with Crippen LogP contribution in [0.25, 0.3) is 4.96 Å². The van der Waals surface area contributed by atoms with Crippen LogP contribution in [0.3, 0.4) is 0 Å². The first-order chi connectivity index (χ1) is 14.2. The van der Waals surface area contributed by atoms with Crippen molar-refractivity contribution in [2.75, 3.05) is 26.2 Å². The molecule has 1 aromatic carbocycles. The first-order valence-corrected chi connectivity index (χ1v) is 12.3. The standard InChI is InChI=1S/C21H26N4O3S2/c1-14-11-15(2)17(4)20(16(14)3)30(27,28)24-7-5-23(6-8-24)13-18-12-19(26)25-9-10-29-21(25)22-18/h9-12H,5-8,13H2,1-4H3. The number of nitrogens with zero attached hydrogens (tertiary/aromatic N) is 4. The Balaban J connectivity index is 1.51. The van der Waals surface area contributed by atoms with Crippen LogP contribution in [0.4, 0.5) is 0 Å². The molecule has 9 heteroatoms. The van der Waals surface area contributed by atoms with Crippen molar-refractivity contribution in [3.8, 4) is 0 Å². The molecular weight excluding hydrogens is 420 g/mol. The maximum absolute atomic E-state index is 13.4. The predicted octanol–water partition coefficient (Wildman–Crippen LogP) is 2.50. The van der Waals surface area contributed by atoms with Gasteiger partial charge in [-0.15, -0.1) is 11.3 Å². The zero-order valence-corrected chi connectivity index (χ0v) is 19.3. The summed E-state index contributed by atoms with van der Waals surface area (Å²) in [5.41, 5.74) is 4.29. The lowest BCUT2D eigenvalue weighted by Crippen LogP contribution is -2.48. The van der Waals surface area contributed by atoms with Crippen LogP contribution in [-0.2, 0) is 16.6 Å². The summed E-state index contributed by atoms with van der Waals surface area (Å²) in [6.07, 6.45) is 1.72. The summed E-state index contributed by atoms with van der Waals surface area (Å²) in [6, 6.07) is 3.60. The first kappa shape index (κ1) is 21.2. The first-order valence-electron chi connectivity index (χ1n) is 9.94. The quantitative estimate of drug-likeness (QED) is 0.616. The molecule has 0 spiro atoms. The van der Waals surface area contributed by atoms with Crippen molar-refractivity contribution in [1.82, 2.24) is 18.6 Å². The van der Waals surface area contributed by atoms with E-state index in [1.54, 1.807) is 16.6 Å². The van der Waals surface area contributed by atoms with Gasteiger partial charge in [0.15, 0.2) is 4.96 Å². The number of piperazine rings is 1. The second-order valence-corrected chi connectivity index (χ2v) is 10.7. The summed E-state index contributed by atoms with van der Waals surface area (Å²) in [6.45, 7) is 10.3. The Hall–Kier alpha value is -2.07. The van der Waals surface area contributed by atoms with Gasteiger partial charge in [0.05, 0.1) is 10.6 Å². The van der Waals surface area contributed by atoms with E-state index in [2.05, 4.69) is 9.88 Å². The van der Waals surface area contributed by atoms with Crippen molar-refractivity contribution in [3.05, 3.63) is 62.0 Å². The summed E-state index contributed by atoms with van der Waals surface area (Å²) >= 11 is 1.43. The molecule has 2 aromatic heterocycles. The van der Waals surface area contributed by atoms with Gasteiger partial charge < -0.3 is 0 Å². The van der Waals surface area contributed by atoms with Gasteiger partial charge in [-0.25, -0.2) is 13.4 Å². The highest BCUT2D eigenvalue weighted by Crippen LogP contribution is 2.29. The number of rotatable bonds is 4. The molecule has 1 saturated heterocycles. The van der Waals surface area contributed by atoms with Crippen molar-refractivity contribution in [3.63, 3.8) is 0 Å². The third-order valence-corrected chi connectivity index (χ3v) is 8.90. The summed E-state index contributed by atoms with van der Waals surface area (Å²) in [7, 11) is -3.55. The van der Waals surface area contributed by atoms with Crippen LogP contribution in [0.2, 0.25) is 0 Å². The Labute approximate surface area is 180 Å². The van der Waals surface area contributed by atoms with Gasteiger partial charge in [-0.3, -0.25) is 14.1 Å². The molecule has 0 bridgehead atoms. The van der Waals surface area contributed by atoms with E-state index < -0.39 is 10.0 Å². The van der Waals surface area contributed by atoms with Crippen LogP contribution in [0.1, 0.15) is 27.9 Å². The minimum absolute atomic E-state index is 0.0850. The third-order valence-electron chi connectivity index (χ3n) is 5.97. The van der Waals surface area contributed by atoms with E-state index in [0.29, 0.717) is 42.6 Å². The molecule has 160 valence electrons. The number of hydrogen-bond donors (Lipinski definition) is 0. The Morgan fingerprint density at radius 1 is 1.00 bits per heavy atom.